The van der Waals surface area contributed by atoms with Gasteiger partial charge in [-0.15, -0.1) is 10.2 Å². The molecule has 16 heavy (non-hydrogen) atoms. The average Bonchev–Trinajstić information content (AvgIpc) is 2.30. The predicted octanol–water partition coefficient (Wildman–Crippen LogP) is 0.502. The maximum Gasteiger partial charge on any atom is 0.240 e. The minimum Gasteiger partial charge on any atom is -0.369 e. The van der Waals surface area contributed by atoms with Crippen molar-refractivity contribution in [3.8, 4) is 0 Å². The highest BCUT2D eigenvalue weighted by Crippen LogP contribution is 2.12. The first kappa shape index (κ1) is 11.9. The zero-order valence-electron chi connectivity index (χ0n) is 8.29. The van der Waals surface area contributed by atoms with Gasteiger partial charge in [0.15, 0.2) is 0 Å². The molecular weight excluding hydrogens is 226 g/mol. The summed E-state index contributed by atoms with van der Waals surface area (Å²) in [4.78, 5) is 0. The van der Waals surface area contributed by atoms with Crippen LogP contribution < -0.4 is 22.0 Å². The van der Waals surface area contributed by atoms with E-state index in [1.54, 1.807) is 12.1 Å². The summed E-state index contributed by atoms with van der Waals surface area (Å²) in [6.45, 7) is 0. The van der Waals surface area contributed by atoms with Crippen molar-refractivity contribution in [3.63, 3.8) is 0 Å². The summed E-state index contributed by atoms with van der Waals surface area (Å²) in [5, 5.41) is 8.03. The highest BCUT2D eigenvalue weighted by Gasteiger charge is 2.09. The number of hydrogen-bond acceptors (Lipinski definition) is 4. The van der Waals surface area contributed by atoms with Crippen LogP contribution in [0.15, 0.2) is 40.5 Å². The Labute approximate surface area is 97.6 Å². The van der Waals surface area contributed by atoms with Crippen LogP contribution in [-0.4, -0.2) is 11.1 Å². The number of nitrogens with one attached hydrogen (secondary N) is 2. The third kappa shape index (κ3) is 3.17. The maximum absolute atomic E-state index is 6.87. The Morgan fingerprint density at radius 3 is 2.44 bits per heavy atom. The fourth-order valence-electron chi connectivity index (χ4n) is 0.946. The molecule has 0 amide bonds. The Hall–Kier alpha value is -2.22. The zero-order chi connectivity index (χ0) is 12.0. The van der Waals surface area contributed by atoms with Crippen LogP contribution in [0.2, 0.25) is 0 Å². The molecule has 0 spiro atoms. The topological polar surface area (TPSA) is 116 Å². The third-order valence-electron chi connectivity index (χ3n) is 1.58. The van der Waals surface area contributed by atoms with Crippen molar-refractivity contribution in [2.45, 2.75) is 0 Å². The minimum atomic E-state index is -0.145. The van der Waals surface area contributed by atoms with Crippen molar-refractivity contribution >= 4 is 29.0 Å². The molecule has 0 saturated heterocycles. The number of rotatable bonds is 3. The second kappa shape index (κ2) is 5.61. The molecule has 0 aliphatic carbocycles. The molecule has 0 saturated carbocycles. The van der Waals surface area contributed by atoms with E-state index in [1.165, 1.54) is 5.01 Å². The first-order chi connectivity index (χ1) is 7.65. The second-order valence-electron chi connectivity index (χ2n) is 2.70. The van der Waals surface area contributed by atoms with Gasteiger partial charge < -0.3 is 11.5 Å². The van der Waals surface area contributed by atoms with E-state index in [0.29, 0.717) is 5.69 Å². The monoisotopic (exact) mass is 237 g/mol. The van der Waals surface area contributed by atoms with Crippen LogP contribution in [-0.2, 0) is 0 Å². The predicted molar refractivity (Wildman–Crippen MR) is 65.6 cm³/mol. The van der Waals surface area contributed by atoms with E-state index in [-0.39, 0.29) is 11.1 Å². The Morgan fingerprint density at radius 1 is 1.31 bits per heavy atom. The van der Waals surface area contributed by atoms with Crippen molar-refractivity contribution in [3.05, 3.63) is 30.3 Å². The number of hydrazine groups is 1. The van der Waals surface area contributed by atoms with E-state index in [0.717, 1.165) is 0 Å². The first-order valence-electron chi connectivity index (χ1n) is 4.26. The van der Waals surface area contributed by atoms with Gasteiger partial charge in [-0.3, -0.25) is 0 Å². The SMILES string of the molecule is N=NC(=S)N(NN=C(N)N)c1ccccc1. The number of hydrazone groups is 1. The number of benzene rings is 1. The van der Waals surface area contributed by atoms with Gasteiger partial charge in [0.25, 0.3) is 0 Å². The van der Waals surface area contributed by atoms with Gasteiger partial charge in [-0.25, -0.2) is 16.1 Å². The Bertz CT molecular complexity index is 398. The van der Waals surface area contributed by atoms with Crippen LogP contribution in [0.3, 0.4) is 0 Å². The summed E-state index contributed by atoms with van der Waals surface area (Å²) in [7, 11) is 0. The van der Waals surface area contributed by atoms with Gasteiger partial charge >= 0.3 is 0 Å². The molecule has 1 rings (SSSR count). The lowest BCUT2D eigenvalue weighted by Crippen LogP contribution is -2.40. The number of thiocarbonyl (C=S) groups is 1. The van der Waals surface area contributed by atoms with Crippen LogP contribution in [0.25, 0.3) is 0 Å². The molecule has 1 aromatic carbocycles. The van der Waals surface area contributed by atoms with Crippen LogP contribution in [0.5, 0.6) is 0 Å². The van der Waals surface area contributed by atoms with E-state index in [4.69, 9.17) is 29.2 Å². The zero-order valence-corrected chi connectivity index (χ0v) is 9.11. The molecule has 0 radical (unpaired) electrons. The summed E-state index contributed by atoms with van der Waals surface area (Å²) >= 11 is 4.87. The minimum absolute atomic E-state index is 0.00352. The van der Waals surface area contributed by atoms with Gasteiger partial charge in [0.2, 0.25) is 11.1 Å². The van der Waals surface area contributed by atoms with Gasteiger partial charge in [-0.2, -0.15) is 0 Å². The highest BCUT2D eigenvalue weighted by molar-refractivity contribution is 7.80. The highest BCUT2D eigenvalue weighted by atomic mass is 32.1. The number of para-hydroxylation sites is 1. The largest absolute Gasteiger partial charge is 0.369 e. The van der Waals surface area contributed by atoms with Gasteiger partial charge in [0.05, 0.1) is 5.69 Å². The van der Waals surface area contributed by atoms with Crippen LogP contribution in [0.4, 0.5) is 5.69 Å². The third-order valence-corrected chi connectivity index (χ3v) is 1.85. The molecule has 0 aromatic heterocycles. The van der Waals surface area contributed by atoms with Crippen molar-refractivity contribution in [2.75, 3.05) is 5.01 Å². The fourth-order valence-corrected chi connectivity index (χ4v) is 1.09. The van der Waals surface area contributed by atoms with Crippen molar-refractivity contribution in [1.82, 2.24) is 5.53 Å². The molecule has 8 heteroatoms. The smallest absolute Gasteiger partial charge is 0.240 e. The molecule has 0 bridgehead atoms. The second-order valence-corrected chi connectivity index (χ2v) is 3.07. The van der Waals surface area contributed by atoms with Crippen molar-refractivity contribution in [2.24, 2.45) is 21.7 Å². The lowest BCUT2D eigenvalue weighted by atomic mass is 10.3. The Balaban J connectivity index is 2.92. The molecule has 0 atom stereocenters. The molecule has 1 aromatic rings. The number of nitrogens with two attached hydrogens (primary N) is 2. The molecule has 0 fully saturated rings. The molecule has 0 aliphatic heterocycles. The molecule has 6 N–H and O–H groups in total. The summed E-state index contributed by atoms with van der Waals surface area (Å²) in [6, 6.07) is 9.01. The van der Waals surface area contributed by atoms with Gasteiger partial charge in [-0.1, -0.05) is 18.2 Å². The van der Waals surface area contributed by atoms with Crippen LogP contribution in [0.1, 0.15) is 0 Å². The standard InChI is InChI=1S/C8H11N7S/c9-7(10)13-14-15(8(16)12-11)6-4-2-1-3-5-6/h1-5,11,14H,(H4,9,10,13). The van der Waals surface area contributed by atoms with Gasteiger partial charge in [0, 0.05) is 0 Å². The lowest BCUT2D eigenvalue weighted by molar-refractivity contribution is 0.772. The molecule has 0 aliphatic rings. The first-order valence-corrected chi connectivity index (χ1v) is 4.67. The number of guanidine groups is 1. The maximum atomic E-state index is 6.87. The summed E-state index contributed by atoms with van der Waals surface area (Å²) < 4.78 is 0. The van der Waals surface area contributed by atoms with Crippen LogP contribution >= 0.6 is 12.2 Å². The Morgan fingerprint density at radius 2 is 1.94 bits per heavy atom. The van der Waals surface area contributed by atoms with Gasteiger partial charge in [0.1, 0.15) is 0 Å². The summed E-state index contributed by atoms with van der Waals surface area (Å²) in [6.07, 6.45) is 0. The summed E-state index contributed by atoms with van der Waals surface area (Å²) in [5.74, 6) is -0.145. The molecule has 7 nitrogen and oxygen atoms in total. The van der Waals surface area contributed by atoms with E-state index >= 15 is 0 Å². The lowest BCUT2D eigenvalue weighted by Gasteiger charge is -2.20. The summed E-state index contributed by atoms with van der Waals surface area (Å²) in [5.41, 5.74) is 20.4. The quantitative estimate of drug-likeness (QED) is 0.201. The van der Waals surface area contributed by atoms with Gasteiger partial charge in [-0.05, 0) is 24.4 Å². The van der Waals surface area contributed by atoms with E-state index < -0.39 is 0 Å². The average molecular weight is 237 g/mol. The fraction of sp³-hybridized carbons (Fsp3) is 0. The van der Waals surface area contributed by atoms with Crippen molar-refractivity contribution < 1.29 is 0 Å². The molecule has 0 unspecified atom stereocenters. The molecule has 0 heterocycles. The van der Waals surface area contributed by atoms with E-state index in [2.05, 4.69) is 15.8 Å². The van der Waals surface area contributed by atoms with Crippen LogP contribution in [0, 0.1) is 5.53 Å². The van der Waals surface area contributed by atoms with E-state index in [1.807, 2.05) is 18.2 Å². The Kier molecular flexibility index (Phi) is 4.16. The molecule has 84 valence electrons. The van der Waals surface area contributed by atoms with Crippen molar-refractivity contribution in [1.29, 1.82) is 5.53 Å². The number of anilines is 1. The van der Waals surface area contributed by atoms with E-state index in [9.17, 15) is 0 Å². The number of hydrogen-bond donors (Lipinski definition) is 4. The molecular formula is C8H11N7S. The number of nitrogens with zero attached hydrogens (tertiary/aromatic N) is 3. The normalized spacial score (nSPS) is 9.00.